The molecule has 0 heterocycles. The van der Waals surface area contributed by atoms with Gasteiger partial charge in [0.1, 0.15) is 0 Å². The molecule has 0 spiro atoms. The highest BCUT2D eigenvalue weighted by atomic mass is 16.5. The fourth-order valence-corrected chi connectivity index (χ4v) is 1.05. The van der Waals surface area contributed by atoms with Crippen molar-refractivity contribution < 1.29 is 9.47 Å². The number of hydrogen-bond acceptors (Lipinski definition) is 4. The van der Waals surface area contributed by atoms with Gasteiger partial charge in [-0.3, -0.25) is 0 Å². The first-order chi connectivity index (χ1) is 6.91. The molecule has 0 fully saturated rings. The molecule has 0 aromatic carbocycles. The van der Waals surface area contributed by atoms with Gasteiger partial charge in [0, 0.05) is 13.7 Å². The summed E-state index contributed by atoms with van der Waals surface area (Å²) >= 11 is 0. The van der Waals surface area contributed by atoms with Gasteiger partial charge in [-0.1, -0.05) is 0 Å². The lowest BCUT2D eigenvalue weighted by Gasteiger charge is -2.04. The maximum absolute atomic E-state index is 5.37. The van der Waals surface area contributed by atoms with E-state index in [0.29, 0.717) is 13.2 Å². The molecule has 0 aliphatic rings. The van der Waals surface area contributed by atoms with Crippen LogP contribution < -0.4 is 11.1 Å². The number of unbranched alkanes of at least 4 members (excludes halogenated alkanes) is 1. The van der Waals surface area contributed by atoms with Crippen LogP contribution in [0, 0.1) is 0 Å². The van der Waals surface area contributed by atoms with E-state index in [1.165, 1.54) is 0 Å². The number of methoxy groups -OCH3 is 1. The largest absolute Gasteiger partial charge is 0.382 e. The zero-order valence-corrected chi connectivity index (χ0v) is 9.26. The molecule has 0 radical (unpaired) electrons. The summed E-state index contributed by atoms with van der Waals surface area (Å²) in [6.45, 7) is 5.09. The molecular weight excluding hydrogens is 180 g/mol. The van der Waals surface area contributed by atoms with E-state index in [2.05, 4.69) is 5.32 Å². The monoisotopic (exact) mass is 204 g/mol. The van der Waals surface area contributed by atoms with E-state index in [4.69, 9.17) is 15.2 Å². The third-order valence-electron chi connectivity index (χ3n) is 1.88. The SMILES string of the molecule is COCCOCCCCNCCCN. The van der Waals surface area contributed by atoms with Crippen LogP contribution in [0.4, 0.5) is 0 Å². The average molecular weight is 204 g/mol. The summed E-state index contributed by atoms with van der Waals surface area (Å²) in [5, 5.41) is 3.33. The van der Waals surface area contributed by atoms with Gasteiger partial charge in [0.2, 0.25) is 0 Å². The predicted octanol–water partition coefficient (Wildman–Crippen LogP) is 0.368. The molecule has 4 nitrogen and oxygen atoms in total. The van der Waals surface area contributed by atoms with Gasteiger partial charge in [-0.05, 0) is 38.9 Å². The second-order valence-electron chi connectivity index (χ2n) is 3.20. The van der Waals surface area contributed by atoms with Gasteiger partial charge in [-0.2, -0.15) is 0 Å². The lowest BCUT2D eigenvalue weighted by molar-refractivity contribution is 0.0688. The van der Waals surface area contributed by atoms with Crippen LogP contribution in [0.1, 0.15) is 19.3 Å². The van der Waals surface area contributed by atoms with Crippen LogP contribution in [-0.2, 0) is 9.47 Å². The molecule has 0 saturated heterocycles. The van der Waals surface area contributed by atoms with Crippen LogP contribution >= 0.6 is 0 Å². The molecule has 0 amide bonds. The third-order valence-corrected chi connectivity index (χ3v) is 1.88. The van der Waals surface area contributed by atoms with Gasteiger partial charge in [0.25, 0.3) is 0 Å². The standard InChI is InChI=1S/C10H24N2O2/c1-13-9-10-14-8-3-2-6-12-7-4-5-11/h12H,2-11H2,1H3. The van der Waals surface area contributed by atoms with E-state index in [-0.39, 0.29) is 0 Å². The highest BCUT2D eigenvalue weighted by molar-refractivity contribution is 4.48. The minimum Gasteiger partial charge on any atom is -0.382 e. The zero-order chi connectivity index (χ0) is 10.5. The topological polar surface area (TPSA) is 56.5 Å². The Balaban J connectivity index is 2.78. The van der Waals surface area contributed by atoms with Crippen LogP contribution in [0.3, 0.4) is 0 Å². The van der Waals surface area contributed by atoms with Gasteiger partial charge in [0.05, 0.1) is 13.2 Å². The molecule has 0 bridgehead atoms. The van der Waals surface area contributed by atoms with Crippen molar-refractivity contribution in [2.24, 2.45) is 5.73 Å². The van der Waals surface area contributed by atoms with Crippen molar-refractivity contribution in [2.75, 3.05) is 46.6 Å². The van der Waals surface area contributed by atoms with Crippen LogP contribution in [-0.4, -0.2) is 46.6 Å². The Kier molecular flexibility index (Phi) is 12.7. The zero-order valence-electron chi connectivity index (χ0n) is 9.26. The number of hydrogen-bond donors (Lipinski definition) is 2. The molecular formula is C10H24N2O2. The molecule has 0 atom stereocenters. The highest BCUT2D eigenvalue weighted by Crippen LogP contribution is 1.88. The quantitative estimate of drug-likeness (QED) is 0.477. The molecule has 86 valence electrons. The maximum Gasteiger partial charge on any atom is 0.0700 e. The van der Waals surface area contributed by atoms with Crippen LogP contribution in [0.15, 0.2) is 0 Å². The van der Waals surface area contributed by atoms with Crippen LogP contribution in [0.25, 0.3) is 0 Å². The summed E-state index contributed by atoms with van der Waals surface area (Å²) in [7, 11) is 1.69. The lowest BCUT2D eigenvalue weighted by atomic mass is 10.3. The average Bonchev–Trinajstić information content (AvgIpc) is 2.21. The first-order valence-corrected chi connectivity index (χ1v) is 5.39. The lowest BCUT2D eigenvalue weighted by Crippen LogP contribution is -2.19. The summed E-state index contributed by atoms with van der Waals surface area (Å²) in [5.41, 5.74) is 5.37. The van der Waals surface area contributed by atoms with Crippen molar-refractivity contribution in [1.82, 2.24) is 5.32 Å². The first-order valence-electron chi connectivity index (χ1n) is 5.39. The molecule has 0 aromatic heterocycles. The molecule has 3 N–H and O–H groups in total. The Morgan fingerprint density at radius 2 is 1.79 bits per heavy atom. The molecule has 0 rings (SSSR count). The minimum atomic E-state index is 0.689. The Bertz CT molecular complexity index is 90.1. The van der Waals surface area contributed by atoms with Crippen molar-refractivity contribution in [2.45, 2.75) is 19.3 Å². The van der Waals surface area contributed by atoms with Gasteiger partial charge >= 0.3 is 0 Å². The Morgan fingerprint density at radius 1 is 1.00 bits per heavy atom. The number of nitrogens with one attached hydrogen (secondary N) is 1. The van der Waals surface area contributed by atoms with Crippen molar-refractivity contribution in [3.05, 3.63) is 0 Å². The number of rotatable bonds is 11. The fourth-order valence-electron chi connectivity index (χ4n) is 1.05. The Labute approximate surface area is 87.1 Å². The highest BCUT2D eigenvalue weighted by Gasteiger charge is 1.90. The third kappa shape index (κ3) is 11.8. The van der Waals surface area contributed by atoms with E-state index in [9.17, 15) is 0 Å². The van der Waals surface area contributed by atoms with E-state index in [1.54, 1.807) is 7.11 Å². The van der Waals surface area contributed by atoms with Gasteiger partial charge in [-0.25, -0.2) is 0 Å². The van der Waals surface area contributed by atoms with E-state index in [0.717, 1.165) is 45.5 Å². The van der Waals surface area contributed by atoms with Gasteiger partial charge in [0.15, 0.2) is 0 Å². The summed E-state index contributed by atoms with van der Waals surface area (Å²) in [6.07, 6.45) is 3.33. The fraction of sp³-hybridized carbons (Fsp3) is 1.00. The predicted molar refractivity (Wildman–Crippen MR) is 58.5 cm³/mol. The molecule has 0 saturated carbocycles. The second kappa shape index (κ2) is 12.8. The first kappa shape index (κ1) is 13.8. The molecule has 4 heteroatoms. The van der Waals surface area contributed by atoms with Gasteiger partial charge in [-0.15, -0.1) is 0 Å². The minimum absolute atomic E-state index is 0.689. The molecule has 0 aliphatic heterocycles. The van der Waals surface area contributed by atoms with Gasteiger partial charge < -0.3 is 20.5 Å². The van der Waals surface area contributed by atoms with E-state index in [1.807, 2.05) is 0 Å². The van der Waals surface area contributed by atoms with E-state index < -0.39 is 0 Å². The smallest absolute Gasteiger partial charge is 0.0700 e. The normalized spacial score (nSPS) is 10.7. The summed E-state index contributed by atoms with van der Waals surface area (Å²) < 4.78 is 10.2. The summed E-state index contributed by atoms with van der Waals surface area (Å²) in [6, 6.07) is 0. The number of nitrogens with two attached hydrogens (primary N) is 1. The van der Waals surface area contributed by atoms with Crippen molar-refractivity contribution >= 4 is 0 Å². The second-order valence-corrected chi connectivity index (χ2v) is 3.20. The van der Waals surface area contributed by atoms with Crippen LogP contribution in [0.2, 0.25) is 0 Å². The molecule has 0 aliphatic carbocycles. The summed E-state index contributed by atoms with van der Waals surface area (Å²) in [4.78, 5) is 0. The number of ether oxygens (including phenoxy) is 2. The van der Waals surface area contributed by atoms with Crippen molar-refractivity contribution in [3.8, 4) is 0 Å². The van der Waals surface area contributed by atoms with Crippen molar-refractivity contribution in [1.29, 1.82) is 0 Å². The molecule has 0 unspecified atom stereocenters. The summed E-state index contributed by atoms with van der Waals surface area (Å²) in [5.74, 6) is 0. The van der Waals surface area contributed by atoms with Crippen LogP contribution in [0.5, 0.6) is 0 Å². The van der Waals surface area contributed by atoms with E-state index >= 15 is 0 Å². The Morgan fingerprint density at radius 3 is 2.50 bits per heavy atom. The maximum atomic E-state index is 5.37. The molecule has 14 heavy (non-hydrogen) atoms. The van der Waals surface area contributed by atoms with Crippen molar-refractivity contribution in [3.63, 3.8) is 0 Å². The Hall–Kier alpha value is -0.160. The molecule has 0 aromatic rings.